The Bertz CT molecular complexity index is 467. The molecule has 1 unspecified atom stereocenters. The fourth-order valence-corrected chi connectivity index (χ4v) is 1.79. The van der Waals surface area contributed by atoms with Crippen molar-refractivity contribution in [2.75, 3.05) is 13.1 Å². The maximum Gasteiger partial charge on any atom is 0.254 e. The molecular weight excluding hydrogens is 208 g/mol. The first-order valence-corrected chi connectivity index (χ1v) is 5.22. The fraction of sp³-hybridized carbons (Fsp3) is 0.455. The smallest absolute Gasteiger partial charge is 0.254 e. The van der Waals surface area contributed by atoms with Crippen LogP contribution in [0.3, 0.4) is 0 Å². The second-order valence-corrected chi connectivity index (χ2v) is 4.06. The monoisotopic (exact) mass is 222 g/mol. The molecule has 1 amide bonds. The number of hydrogen-bond donors (Lipinski definition) is 1. The van der Waals surface area contributed by atoms with Crippen LogP contribution in [0.5, 0.6) is 0 Å². The third kappa shape index (κ3) is 1.99. The lowest BCUT2D eigenvalue weighted by Crippen LogP contribution is -2.30. The lowest BCUT2D eigenvalue weighted by molar-refractivity contribution is 0.0764. The molecule has 2 rings (SSSR count). The summed E-state index contributed by atoms with van der Waals surface area (Å²) in [7, 11) is 1.64. The Morgan fingerprint density at radius 1 is 1.56 bits per heavy atom. The number of hydrogen-bond acceptors (Lipinski definition) is 3. The summed E-state index contributed by atoms with van der Waals surface area (Å²) in [6.07, 6.45) is 1.74. The van der Waals surface area contributed by atoms with Crippen molar-refractivity contribution in [1.29, 1.82) is 0 Å². The standard InChI is InChI=1S/C11H14N2O3/c1-12-4-2-8(6-10(12)15)11(16)13-5-3-9(14)7-13/h2,4,6,9,14H,3,5,7H2,1H3. The molecule has 5 heteroatoms. The highest BCUT2D eigenvalue weighted by Crippen LogP contribution is 2.12. The van der Waals surface area contributed by atoms with Crippen LogP contribution in [-0.4, -0.2) is 39.7 Å². The van der Waals surface area contributed by atoms with Crippen LogP contribution in [0, 0.1) is 0 Å². The molecule has 0 aromatic carbocycles. The number of aromatic nitrogens is 1. The van der Waals surface area contributed by atoms with Crippen molar-refractivity contribution >= 4 is 5.91 Å². The van der Waals surface area contributed by atoms with Crippen LogP contribution < -0.4 is 5.56 Å². The van der Waals surface area contributed by atoms with E-state index in [1.54, 1.807) is 24.2 Å². The summed E-state index contributed by atoms with van der Waals surface area (Å²) >= 11 is 0. The molecule has 0 aliphatic carbocycles. The van der Waals surface area contributed by atoms with Gasteiger partial charge in [-0.05, 0) is 12.5 Å². The minimum atomic E-state index is -0.435. The zero-order chi connectivity index (χ0) is 11.7. The highest BCUT2D eigenvalue weighted by molar-refractivity contribution is 5.94. The van der Waals surface area contributed by atoms with Gasteiger partial charge in [-0.2, -0.15) is 0 Å². The van der Waals surface area contributed by atoms with E-state index in [4.69, 9.17) is 0 Å². The number of pyridine rings is 1. The van der Waals surface area contributed by atoms with Crippen LogP contribution in [0.2, 0.25) is 0 Å². The second-order valence-electron chi connectivity index (χ2n) is 4.06. The van der Waals surface area contributed by atoms with Crippen molar-refractivity contribution in [3.8, 4) is 0 Å². The summed E-state index contributed by atoms with van der Waals surface area (Å²) in [6.45, 7) is 0.906. The van der Waals surface area contributed by atoms with Crippen LogP contribution in [0.4, 0.5) is 0 Å². The summed E-state index contributed by atoms with van der Waals surface area (Å²) in [6, 6.07) is 2.95. The molecule has 5 nitrogen and oxygen atoms in total. The predicted molar refractivity (Wildman–Crippen MR) is 58.2 cm³/mol. The zero-order valence-corrected chi connectivity index (χ0v) is 9.09. The summed E-state index contributed by atoms with van der Waals surface area (Å²) in [5, 5.41) is 9.33. The van der Waals surface area contributed by atoms with E-state index in [-0.39, 0.29) is 11.5 Å². The van der Waals surface area contributed by atoms with Gasteiger partial charge in [-0.15, -0.1) is 0 Å². The fourth-order valence-electron chi connectivity index (χ4n) is 1.79. The van der Waals surface area contributed by atoms with Gasteiger partial charge in [0.05, 0.1) is 6.10 Å². The first-order valence-electron chi connectivity index (χ1n) is 5.22. The Morgan fingerprint density at radius 2 is 2.31 bits per heavy atom. The number of β-amino-alcohol motifs (C(OH)–C–C–N with tert-alkyl or cyclic N) is 1. The molecule has 1 saturated heterocycles. The average Bonchev–Trinajstić information content (AvgIpc) is 2.68. The minimum absolute atomic E-state index is 0.186. The molecule has 1 N–H and O–H groups in total. The lowest BCUT2D eigenvalue weighted by atomic mass is 10.2. The van der Waals surface area contributed by atoms with Crippen LogP contribution in [0.1, 0.15) is 16.8 Å². The number of rotatable bonds is 1. The number of nitrogens with zero attached hydrogens (tertiary/aromatic N) is 2. The maximum absolute atomic E-state index is 11.9. The van der Waals surface area contributed by atoms with E-state index in [1.165, 1.54) is 10.6 Å². The second kappa shape index (κ2) is 4.09. The molecule has 16 heavy (non-hydrogen) atoms. The predicted octanol–water partition coefficient (Wildman–Crippen LogP) is -0.408. The number of amides is 1. The van der Waals surface area contributed by atoms with E-state index in [1.807, 2.05) is 0 Å². The molecule has 1 aromatic heterocycles. The van der Waals surface area contributed by atoms with Crippen molar-refractivity contribution in [2.24, 2.45) is 7.05 Å². The van der Waals surface area contributed by atoms with Gasteiger partial charge in [0.15, 0.2) is 0 Å². The number of carbonyl (C=O) groups excluding carboxylic acids is 1. The molecule has 0 spiro atoms. The van der Waals surface area contributed by atoms with Crippen molar-refractivity contribution < 1.29 is 9.90 Å². The molecule has 0 bridgehead atoms. The van der Waals surface area contributed by atoms with Gasteiger partial charge in [-0.25, -0.2) is 0 Å². The van der Waals surface area contributed by atoms with Crippen LogP contribution >= 0.6 is 0 Å². The van der Waals surface area contributed by atoms with Crippen molar-refractivity contribution in [1.82, 2.24) is 9.47 Å². The van der Waals surface area contributed by atoms with E-state index in [0.717, 1.165) is 0 Å². The van der Waals surface area contributed by atoms with E-state index in [9.17, 15) is 14.7 Å². The van der Waals surface area contributed by atoms with Gasteiger partial charge >= 0.3 is 0 Å². The zero-order valence-electron chi connectivity index (χ0n) is 9.09. The van der Waals surface area contributed by atoms with Crippen molar-refractivity contribution in [3.63, 3.8) is 0 Å². The van der Waals surface area contributed by atoms with Crippen LogP contribution in [0.15, 0.2) is 23.1 Å². The van der Waals surface area contributed by atoms with Gasteiger partial charge < -0.3 is 14.6 Å². The molecule has 1 fully saturated rings. The number of carbonyl (C=O) groups is 1. The van der Waals surface area contributed by atoms with E-state index < -0.39 is 6.10 Å². The minimum Gasteiger partial charge on any atom is -0.391 e. The van der Waals surface area contributed by atoms with Crippen molar-refractivity contribution in [3.05, 3.63) is 34.2 Å². The average molecular weight is 222 g/mol. The molecule has 1 atom stereocenters. The van der Waals surface area contributed by atoms with Crippen molar-refractivity contribution in [2.45, 2.75) is 12.5 Å². The molecule has 0 radical (unpaired) electrons. The molecule has 1 aliphatic rings. The first-order chi connectivity index (χ1) is 7.58. The quantitative estimate of drug-likeness (QED) is 0.702. The van der Waals surface area contributed by atoms with Gasteiger partial charge in [0.1, 0.15) is 0 Å². The van der Waals surface area contributed by atoms with E-state index in [2.05, 4.69) is 0 Å². The Morgan fingerprint density at radius 3 is 2.88 bits per heavy atom. The molecule has 86 valence electrons. The maximum atomic E-state index is 11.9. The molecule has 0 saturated carbocycles. The number of aliphatic hydroxyl groups is 1. The van der Waals surface area contributed by atoms with Gasteiger partial charge in [-0.1, -0.05) is 0 Å². The largest absolute Gasteiger partial charge is 0.391 e. The van der Waals surface area contributed by atoms with Gasteiger partial charge in [0.25, 0.3) is 11.5 Å². The highest BCUT2D eigenvalue weighted by atomic mass is 16.3. The highest BCUT2D eigenvalue weighted by Gasteiger charge is 2.25. The molecule has 1 aliphatic heterocycles. The topological polar surface area (TPSA) is 62.5 Å². The van der Waals surface area contributed by atoms with E-state index >= 15 is 0 Å². The Hall–Kier alpha value is -1.62. The van der Waals surface area contributed by atoms with Crippen LogP contribution in [0.25, 0.3) is 0 Å². The van der Waals surface area contributed by atoms with Gasteiger partial charge in [0, 0.05) is 38.0 Å². The van der Waals surface area contributed by atoms with E-state index in [0.29, 0.717) is 25.1 Å². The number of likely N-dealkylation sites (tertiary alicyclic amines) is 1. The summed E-state index contributed by atoms with van der Waals surface area (Å²) in [4.78, 5) is 24.9. The molecule has 2 heterocycles. The molecular formula is C11H14N2O3. The normalized spacial score (nSPS) is 20.1. The van der Waals surface area contributed by atoms with Gasteiger partial charge in [0.2, 0.25) is 0 Å². The Kier molecular flexibility index (Phi) is 2.78. The first kappa shape index (κ1) is 10.9. The lowest BCUT2D eigenvalue weighted by Gasteiger charge is -2.15. The Labute approximate surface area is 92.9 Å². The van der Waals surface area contributed by atoms with Gasteiger partial charge in [-0.3, -0.25) is 9.59 Å². The number of aryl methyl sites for hydroxylation is 1. The summed E-state index contributed by atoms with van der Waals surface area (Å²) in [5.41, 5.74) is 0.183. The molecule has 1 aromatic rings. The third-order valence-corrected chi connectivity index (χ3v) is 2.80. The number of aliphatic hydroxyl groups excluding tert-OH is 1. The third-order valence-electron chi connectivity index (χ3n) is 2.80. The summed E-state index contributed by atoms with van der Waals surface area (Å²) < 4.78 is 1.41. The summed E-state index contributed by atoms with van der Waals surface area (Å²) in [5.74, 6) is -0.186. The Balaban J connectivity index is 2.21. The van der Waals surface area contributed by atoms with Crippen LogP contribution in [-0.2, 0) is 7.05 Å². The SMILES string of the molecule is Cn1ccc(C(=O)N2CCC(O)C2)cc1=O.